The normalized spacial score (nSPS) is 17.5. The van der Waals surface area contributed by atoms with E-state index in [-0.39, 0.29) is 0 Å². The Hall–Kier alpha value is -0.630. The molecule has 0 heterocycles. The van der Waals surface area contributed by atoms with E-state index >= 15 is 0 Å². The Morgan fingerprint density at radius 1 is 1.47 bits per heavy atom. The van der Waals surface area contributed by atoms with Gasteiger partial charge in [0.25, 0.3) is 0 Å². The van der Waals surface area contributed by atoms with Crippen molar-refractivity contribution in [2.45, 2.75) is 37.1 Å². The lowest BCUT2D eigenvalue weighted by Gasteiger charge is -2.15. The van der Waals surface area contributed by atoms with E-state index in [1.165, 1.54) is 29.8 Å². The number of rotatable bonds is 5. The summed E-state index contributed by atoms with van der Waals surface area (Å²) in [7, 11) is 0. The van der Waals surface area contributed by atoms with Crippen LogP contribution < -0.4 is 5.32 Å². The zero-order valence-corrected chi connectivity index (χ0v) is 10.3. The summed E-state index contributed by atoms with van der Waals surface area (Å²) < 4.78 is 0. The average molecular weight is 221 g/mol. The maximum atomic E-state index is 3.57. The summed E-state index contributed by atoms with van der Waals surface area (Å²) in [4.78, 5) is 1.33. The van der Waals surface area contributed by atoms with Crippen LogP contribution in [-0.2, 0) is 0 Å². The molecule has 1 saturated carbocycles. The van der Waals surface area contributed by atoms with Gasteiger partial charge in [0.05, 0.1) is 0 Å². The highest BCUT2D eigenvalue weighted by atomic mass is 32.2. The summed E-state index contributed by atoms with van der Waals surface area (Å²) in [5, 5.41) is 3.57. The second kappa shape index (κ2) is 4.93. The maximum Gasteiger partial charge on any atom is 0.0353 e. The Labute approximate surface area is 96.7 Å². The molecule has 1 nitrogen and oxygen atoms in total. The molecule has 1 N–H and O–H groups in total. The molecule has 1 aliphatic carbocycles. The van der Waals surface area contributed by atoms with E-state index in [0.29, 0.717) is 6.04 Å². The van der Waals surface area contributed by atoms with Crippen LogP contribution in [0.3, 0.4) is 0 Å². The predicted octanol–water partition coefficient (Wildman–Crippen LogP) is 4.01. The lowest BCUT2D eigenvalue weighted by atomic mass is 10.1. The molecule has 2 heteroatoms. The molecule has 0 bridgehead atoms. The zero-order chi connectivity index (χ0) is 10.7. The second-order valence-corrected chi connectivity index (χ2v) is 5.34. The Balaban J connectivity index is 1.90. The van der Waals surface area contributed by atoms with E-state index in [9.17, 15) is 0 Å². The lowest BCUT2D eigenvalue weighted by Crippen LogP contribution is -2.15. The van der Waals surface area contributed by atoms with Gasteiger partial charge in [-0.2, -0.15) is 0 Å². The van der Waals surface area contributed by atoms with Crippen molar-refractivity contribution in [1.29, 1.82) is 0 Å². The minimum Gasteiger partial charge on any atom is -0.383 e. The fourth-order valence-corrected chi connectivity index (χ4v) is 2.37. The molecule has 82 valence electrons. The Bertz CT molecular complexity index is 320. The number of hydrogen-bond donors (Lipinski definition) is 1. The highest BCUT2D eigenvalue weighted by Crippen LogP contribution is 2.34. The first-order valence-corrected chi connectivity index (χ1v) is 6.91. The van der Waals surface area contributed by atoms with E-state index in [0.717, 1.165) is 5.92 Å². The third kappa shape index (κ3) is 3.45. The van der Waals surface area contributed by atoms with Gasteiger partial charge in [0, 0.05) is 16.6 Å². The van der Waals surface area contributed by atoms with Crippen molar-refractivity contribution in [1.82, 2.24) is 0 Å². The first kappa shape index (κ1) is 10.9. The summed E-state index contributed by atoms with van der Waals surface area (Å²) in [5.74, 6) is 0.997. The molecule has 2 rings (SSSR count). The number of hydrogen-bond acceptors (Lipinski definition) is 2. The van der Waals surface area contributed by atoms with Gasteiger partial charge in [-0.05, 0) is 43.7 Å². The van der Waals surface area contributed by atoms with Gasteiger partial charge in [0.1, 0.15) is 0 Å². The van der Waals surface area contributed by atoms with Crippen molar-refractivity contribution < 1.29 is 0 Å². The fraction of sp³-hybridized carbons (Fsp3) is 0.538. The first-order chi connectivity index (χ1) is 7.28. The van der Waals surface area contributed by atoms with E-state index in [1.807, 2.05) is 0 Å². The van der Waals surface area contributed by atoms with Crippen molar-refractivity contribution in [3.05, 3.63) is 24.3 Å². The zero-order valence-electron chi connectivity index (χ0n) is 9.49. The molecule has 0 saturated heterocycles. The van der Waals surface area contributed by atoms with Gasteiger partial charge >= 0.3 is 0 Å². The summed E-state index contributed by atoms with van der Waals surface area (Å²) in [6.45, 7) is 2.28. The molecular formula is C13H19NS. The van der Waals surface area contributed by atoms with Crippen molar-refractivity contribution in [3.63, 3.8) is 0 Å². The molecule has 0 radical (unpaired) electrons. The largest absolute Gasteiger partial charge is 0.383 e. The fourth-order valence-electron chi connectivity index (χ4n) is 1.91. The van der Waals surface area contributed by atoms with Crippen LogP contribution in [0.25, 0.3) is 0 Å². The van der Waals surface area contributed by atoms with Gasteiger partial charge in [-0.15, -0.1) is 11.8 Å². The molecule has 0 aromatic heterocycles. The average Bonchev–Trinajstić information content (AvgIpc) is 3.02. The predicted molar refractivity (Wildman–Crippen MR) is 68.6 cm³/mol. The van der Waals surface area contributed by atoms with E-state index in [1.54, 1.807) is 11.8 Å². The summed E-state index contributed by atoms with van der Waals surface area (Å²) >= 11 is 1.80. The van der Waals surface area contributed by atoms with Gasteiger partial charge in [-0.3, -0.25) is 0 Å². The molecule has 1 aliphatic rings. The molecule has 1 fully saturated rings. The second-order valence-electron chi connectivity index (χ2n) is 4.46. The van der Waals surface area contributed by atoms with Gasteiger partial charge in [0.15, 0.2) is 0 Å². The SMILES string of the molecule is CSc1cccc(NC(C)CC2CC2)c1. The third-order valence-electron chi connectivity index (χ3n) is 2.87. The van der Waals surface area contributed by atoms with Crippen LogP contribution in [0.5, 0.6) is 0 Å². The van der Waals surface area contributed by atoms with Gasteiger partial charge in [-0.25, -0.2) is 0 Å². The van der Waals surface area contributed by atoms with Crippen LogP contribution in [0.2, 0.25) is 0 Å². The van der Waals surface area contributed by atoms with E-state index in [4.69, 9.17) is 0 Å². The van der Waals surface area contributed by atoms with Crippen LogP contribution in [0.4, 0.5) is 5.69 Å². The topological polar surface area (TPSA) is 12.0 Å². The molecule has 0 amide bonds. The molecule has 1 atom stereocenters. The minimum atomic E-state index is 0.606. The molecule has 1 unspecified atom stereocenters. The Kier molecular flexibility index (Phi) is 3.57. The minimum absolute atomic E-state index is 0.606. The van der Waals surface area contributed by atoms with Crippen LogP contribution in [-0.4, -0.2) is 12.3 Å². The van der Waals surface area contributed by atoms with Crippen molar-refractivity contribution in [2.24, 2.45) is 5.92 Å². The summed E-state index contributed by atoms with van der Waals surface area (Å²) in [6, 6.07) is 9.27. The monoisotopic (exact) mass is 221 g/mol. The summed E-state index contributed by atoms with van der Waals surface area (Å²) in [5.41, 5.74) is 1.26. The summed E-state index contributed by atoms with van der Waals surface area (Å²) in [6.07, 6.45) is 6.32. The Morgan fingerprint density at radius 2 is 2.27 bits per heavy atom. The van der Waals surface area contributed by atoms with Gasteiger partial charge in [0.2, 0.25) is 0 Å². The van der Waals surface area contributed by atoms with E-state index in [2.05, 4.69) is 42.8 Å². The lowest BCUT2D eigenvalue weighted by molar-refractivity contribution is 0.642. The van der Waals surface area contributed by atoms with Gasteiger partial charge < -0.3 is 5.32 Å². The highest BCUT2D eigenvalue weighted by Gasteiger charge is 2.23. The van der Waals surface area contributed by atoms with Crippen molar-refractivity contribution in [2.75, 3.05) is 11.6 Å². The van der Waals surface area contributed by atoms with Crippen LogP contribution >= 0.6 is 11.8 Å². The van der Waals surface area contributed by atoms with Crippen molar-refractivity contribution >= 4 is 17.4 Å². The highest BCUT2D eigenvalue weighted by molar-refractivity contribution is 7.98. The standard InChI is InChI=1S/C13H19NS/c1-10(8-11-6-7-11)14-12-4-3-5-13(9-12)15-2/h3-5,9-11,14H,6-8H2,1-2H3. The quantitative estimate of drug-likeness (QED) is 0.754. The van der Waals surface area contributed by atoms with Gasteiger partial charge in [-0.1, -0.05) is 18.9 Å². The van der Waals surface area contributed by atoms with Crippen LogP contribution in [0, 0.1) is 5.92 Å². The number of anilines is 1. The molecule has 0 aliphatic heterocycles. The molecule has 0 spiro atoms. The Morgan fingerprint density at radius 3 is 2.93 bits per heavy atom. The van der Waals surface area contributed by atoms with Crippen LogP contribution in [0.15, 0.2) is 29.2 Å². The molecule has 1 aromatic rings. The number of nitrogens with one attached hydrogen (secondary N) is 1. The number of thioether (sulfide) groups is 1. The smallest absolute Gasteiger partial charge is 0.0353 e. The maximum absolute atomic E-state index is 3.57. The third-order valence-corrected chi connectivity index (χ3v) is 3.59. The molecular weight excluding hydrogens is 202 g/mol. The van der Waals surface area contributed by atoms with Crippen molar-refractivity contribution in [3.8, 4) is 0 Å². The molecule has 1 aromatic carbocycles. The van der Waals surface area contributed by atoms with Crippen LogP contribution in [0.1, 0.15) is 26.2 Å². The molecule has 15 heavy (non-hydrogen) atoms. The number of benzene rings is 1. The van der Waals surface area contributed by atoms with E-state index < -0.39 is 0 Å². The first-order valence-electron chi connectivity index (χ1n) is 5.68.